The summed E-state index contributed by atoms with van der Waals surface area (Å²) in [6.45, 7) is 0.222. The fourth-order valence-electron chi connectivity index (χ4n) is 3.01. The molecule has 24 heavy (non-hydrogen) atoms. The molecule has 2 aliphatic carbocycles. The lowest BCUT2D eigenvalue weighted by atomic mass is 9.92. The Morgan fingerprint density at radius 1 is 1.29 bits per heavy atom. The normalized spacial score (nSPS) is 24.0. The molecule has 0 bridgehead atoms. The molecule has 2 aliphatic rings. The van der Waals surface area contributed by atoms with Gasteiger partial charge in [0.1, 0.15) is 0 Å². The third-order valence-electron chi connectivity index (χ3n) is 4.68. The smallest absolute Gasteiger partial charge is 0.273 e. The van der Waals surface area contributed by atoms with Gasteiger partial charge in [-0.25, -0.2) is 4.68 Å². The van der Waals surface area contributed by atoms with Crippen LogP contribution < -0.4 is 11.1 Å². The van der Waals surface area contributed by atoms with E-state index in [1.165, 1.54) is 0 Å². The number of carbonyl (C=O) groups is 1. The van der Waals surface area contributed by atoms with Crippen molar-refractivity contribution < 1.29 is 9.32 Å². The van der Waals surface area contributed by atoms with Crippen LogP contribution in [0.25, 0.3) is 0 Å². The summed E-state index contributed by atoms with van der Waals surface area (Å²) in [5.41, 5.74) is 6.22. The van der Waals surface area contributed by atoms with Gasteiger partial charge in [-0.05, 0) is 38.5 Å². The number of carbonyl (C=O) groups excluding carboxylic acids is 1. The van der Waals surface area contributed by atoms with E-state index in [1.54, 1.807) is 10.9 Å². The second kappa shape index (κ2) is 6.31. The van der Waals surface area contributed by atoms with E-state index in [9.17, 15) is 4.79 Å². The Hall–Kier alpha value is -2.29. The van der Waals surface area contributed by atoms with Crippen LogP contribution in [0.4, 0.5) is 0 Å². The van der Waals surface area contributed by atoms with Crippen molar-refractivity contribution in [3.8, 4) is 0 Å². The summed E-state index contributed by atoms with van der Waals surface area (Å²) >= 11 is 0. The summed E-state index contributed by atoms with van der Waals surface area (Å²) in [7, 11) is 0. The number of hydrogen-bond donors (Lipinski definition) is 2. The zero-order valence-corrected chi connectivity index (χ0v) is 13.4. The van der Waals surface area contributed by atoms with Crippen molar-refractivity contribution in [2.45, 2.75) is 63.1 Å². The topological polar surface area (TPSA) is 125 Å². The van der Waals surface area contributed by atoms with E-state index in [0.29, 0.717) is 23.3 Å². The number of rotatable bonds is 5. The molecule has 0 spiro atoms. The summed E-state index contributed by atoms with van der Waals surface area (Å²) < 4.78 is 6.94. The van der Waals surface area contributed by atoms with Crippen molar-refractivity contribution in [1.29, 1.82) is 0 Å². The van der Waals surface area contributed by atoms with Crippen LogP contribution in [0.3, 0.4) is 0 Å². The second-order valence-electron chi connectivity index (χ2n) is 6.66. The minimum absolute atomic E-state index is 0.222. The highest BCUT2D eigenvalue weighted by atomic mass is 16.5. The van der Waals surface area contributed by atoms with Crippen LogP contribution >= 0.6 is 0 Å². The van der Waals surface area contributed by atoms with Gasteiger partial charge in [0.2, 0.25) is 5.89 Å². The van der Waals surface area contributed by atoms with Crippen molar-refractivity contribution in [3.05, 3.63) is 23.6 Å². The molecule has 9 heteroatoms. The SMILES string of the molecule is NC1CCC(n2cc(C(=O)NCc3noc(C4CC4)n3)nn2)CC1. The van der Waals surface area contributed by atoms with E-state index in [1.807, 2.05) is 0 Å². The van der Waals surface area contributed by atoms with Crippen LogP contribution in [0.1, 0.15) is 72.7 Å². The number of amides is 1. The Kier molecular flexibility index (Phi) is 4.01. The molecule has 2 fully saturated rings. The van der Waals surface area contributed by atoms with E-state index in [2.05, 4.69) is 25.8 Å². The minimum atomic E-state index is -0.286. The first-order chi connectivity index (χ1) is 11.7. The molecule has 4 rings (SSSR count). The second-order valence-corrected chi connectivity index (χ2v) is 6.66. The van der Waals surface area contributed by atoms with Gasteiger partial charge in [0.05, 0.1) is 18.8 Å². The van der Waals surface area contributed by atoms with Gasteiger partial charge in [-0.3, -0.25) is 4.79 Å². The minimum Gasteiger partial charge on any atom is -0.343 e. The first-order valence-corrected chi connectivity index (χ1v) is 8.47. The standard InChI is InChI=1S/C15H21N7O2/c16-10-3-5-11(6-4-10)22-8-12(19-21-22)14(23)17-7-13-18-15(24-20-13)9-1-2-9/h8-11H,1-7,16H2,(H,17,23). The van der Waals surface area contributed by atoms with Crippen LogP contribution in [0, 0.1) is 0 Å². The van der Waals surface area contributed by atoms with Crippen molar-refractivity contribution in [3.63, 3.8) is 0 Å². The number of nitrogens with zero attached hydrogens (tertiary/aromatic N) is 5. The van der Waals surface area contributed by atoms with Crippen molar-refractivity contribution >= 4 is 5.91 Å². The summed E-state index contributed by atoms with van der Waals surface area (Å²) in [5, 5.41) is 14.7. The quantitative estimate of drug-likeness (QED) is 0.834. The Balaban J connectivity index is 1.32. The van der Waals surface area contributed by atoms with E-state index >= 15 is 0 Å². The maximum atomic E-state index is 12.2. The zero-order chi connectivity index (χ0) is 16.5. The predicted molar refractivity (Wildman–Crippen MR) is 82.9 cm³/mol. The maximum Gasteiger partial charge on any atom is 0.273 e. The predicted octanol–water partition coefficient (Wildman–Crippen LogP) is 0.911. The number of hydrogen-bond acceptors (Lipinski definition) is 7. The summed E-state index contributed by atoms with van der Waals surface area (Å²) in [4.78, 5) is 16.5. The van der Waals surface area contributed by atoms with Crippen LogP contribution in [0.5, 0.6) is 0 Å². The lowest BCUT2D eigenvalue weighted by Crippen LogP contribution is -2.28. The molecule has 0 aliphatic heterocycles. The molecular weight excluding hydrogens is 310 g/mol. The summed E-state index contributed by atoms with van der Waals surface area (Å²) in [6, 6.07) is 0.556. The molecule has 128 valence electrons. The molecule has 2 heterocycles. The fourth-order valence-corrected chi connectivity index (χ4v) is 3.01. The molecule has 0 aromatic carbocycles. The highest BCUT2D eigenvalue weighted by molar-refractivity contribution is 5.91. The van der Waals surface area contributed by atoms with Crippen LogP contribution in [-0.4, -0.2) is 37.1 Å². The van der Waals surface area contributed by atoms with Gasteiger partial charge in [0, 0.05) is 12.0 Å². The van der Waals surface area contributed by atoms with Gasteiger partial charge in [0.15, 0.2) is 11.5 Å². The molecule has 0 radical (unpaired) electrons. The van der Waals surface area contributed by atoms with Gasteiger partial charge in [-0.15, -0.1) is 5.10 Å². The fraction of sp³-hybridized carbons (Fsp3) is 0.667. The monoisotopic (exact) mass is 331 g/mol. The first-order valence-electron chi connectivity index (χ1n) is 8.47. The van der Waals surface area contributed by atoms with Crippen LogP contribution in [0.2, 0.25) is 0 Å². The molecule has 3 N–H and O–H groups in total. The van der Waals surface area contributed by atoms with Gasteiger partial charge in [-0.2, -0.15) is 4.98 Å². The largest absolute Gasteiger partial charge is 0.343 e. The first kappa shape index (κ1) is 15.3. The van der Waals surface area contributed by atoms with Crippen molar-refractivity contribution in [1.82, 2.24) is 30.5 Å². The Morgan fingerprint density at radius 2 is 2.08 bits per heavy atom. The number of nitrogens with one attached hydrogen (secondary N) is 1. The molecule has 9 nitrogen and oxygen atoms in total. The van der Waals surface area contributed by atoms with Crippen LogP contribution in [0.15, 0.2) is 10.7 Å². The molecule has 2 aromatic rings. The summed E-state index contributed by atoms with van der Waals surface area (Å²) in [5.74, 6) is 1.27. The average Bonchev–Trinajstić information content (AvgIpc) is 3.13. The van der Waals surface area contributed by atoms with Crippen molar-refractivity contribution in [2.75, 3.05) is 0 Å². The van der Waals surface area contributed by atoms with Gasteiger partial charge in [0.25, 0.3) is 5.91 Å². The lowest BCUT2D eigenvalue weighted by molar-refractivity contribution is 0.0944. The molecule has 0 unspecified atom stereocenters. The number of aromatic nitrogens is 5. The third kappa shape index (κ3) is 3.30. The van der Waals surface area contributed by atoms with E-state index in [0.717, 1.165) is 38.5 Å². The zero-order valence-electron chi connectivity index (χ0n) is 13.4. The third-order valence-corrected chi connectivity index (χ3v) is 4.68. The molecule has 0 atom stereocenters. The summed E-state index contributed by atoms with van der Waals surface area (Å²) in [6.07, 6.45) is 7.80. The Bertz CT molecular complexity index is 713. The molecule has 0 saturated heterocycles. The van der Waals surface area contributed by atoms with E-state index in [4.69, 9.17) is 10.3 Å². The molecular formula is C15H21N7O2. The van der Waals surface area contributed by atoms with Crippen LogP contribution in [-0.2, 0) is 6.54 Å². The maximum absolute atomic E-state index is 12.2. The lowest BCUT2D eigenvalue weighted by Gasteiger charge is -2.25. The van der Waals surface area contributed by atoms with E-state index in [-0.39, 0.29) is 24.5 Å². The van der Waals surface area contributed by atoms with Gasteiger partial charge < -0.3 is 15.6 Å². The van der Waals surface area contributed by atoms with Crippen molar-refractivity contribution in [2.24, 2.45) is 5.73 Å². The van der Waals surface area contributed by atoms with Gasteiger partial charge >= 0.3 is 0 Å². The average molecular weight is 331 g/mol. The van der Waals surface area contributed by atoms with Gasteiger partial charge in [-0.1, -0.05) is 10.4 Å². The Morgan fingerprint density at radius 3 is 2.83 bits per heavy atom. The highest BCUT2D eigenvalue weighted by Gasteiger charge is 2.29. The molecule has 2 aromatic heterocycles. The highest BCUT2D eigenvalue weighted by Crippen LogP contribution is 2.38. The number of nitrogens with two attached hydrogens (primary N) is 1. The molecule has 2 saturated carbocycles. The molecule has 1 amide bonds. The van der Waals surface area contributed by atoms with E-state index < -0.39 is 0 Å². The Labute approximate surface area is 139 Å².